The van der Waals surface area contributed by atoms with Gasteiger partial charge in [0.1, 0.15) is 6.61 Å². The van der Waals surface area contributed by atoms with E-state index in [9.17, 15) is 24.3 Å². The van der Waals surface area contributed by atoms with Crippen LogP contribution in [0.5, 0.6) is 0 Å². The number of hydrogen-bond acceptors (Lipinski definition) is 7. The molecule has 174 valence electrons. The molecule has 1 aliphatic rings. The molecule has 0 heterocycles. The third kappa shape index (κ3) is 6.21. The van der Waals surface area contributed by atoms with Gasteiger partial charge in [-0.05, 0) is 25.1 Å². The van der Waals surface area contributed by atoms with Crippen LogP contribution in [0.1, 0.15) is 45.7 Å². The number of ether oxygens (including phenoxy) is 1. The molecule has 3 N–H and O–H groups in total. The summed E-state index contributed by atoms with van der Waals surface area (Å²) >= 11 is 1.47. The highest BCUT2D eigenvalue weighted by atomic mass is 32.2. The van der Waals surface area contributed by atoms with Gasteiger partial charge in [0.2, 0.25) is 0 Å². The first-order valence-corrected chi connectivity index (χ1v) is 11.7. The molecule has 2 unspecified atom stereocenters. The van der Waals surface area contributed by atoms with Crippen LogP contribution in [-0.4, -0.2) is 59.4 Å². The lowest BCUT2D eigenvalue weighted by Gasteiger charge is -2.18. The molecule has 0 saturated heterocycles. The molecule has 3 rings (SSSR count). The number of fused-ring (bicyclic) bond motifs is 2. The average Bonchev–Trinajstić information content (AvgIpc) is 2.79. The minimum Gasteiger partial charge on any atom is -0.464 e. The summed E-state index contributed by atoms with van der Waals surface area (Å²) in [5.74, 6) is -0.0824. The molecule has 0 saturated carbocycles. The molecule has 0 bridgehead atoms. The standard InChI is InChI=1S/C24H26N2O6S/c1-14(12-33-13-15(2)27)23(30)32-10-9-25-24(31)26-16-7-8-19-20(11-16)22(29)18-6-4-3-5-17(18)21(19)28/h3-8,11,14-15,27H,9-10,12-13H2,1-2H3,(H2,25,26,31). The monoisotopic (exact) mass is 470 g/mol. The van der Waals surface area contributed by atoms with Crippen LogP contribution in [0, 0.1) is 5.92 Å². The van der Waals surface area contributed by atoms with E-state index in [0.717, 1.165) is 0 Å². The van der Waals surface area contributed by atoms with Crippen LogP contribution >= 0.6 is 11.8 Å². The third-order valence-corrected chi connectivity index (χ3v) is 6.40. The summed E-state index contributed by atoms with van der Waals surface area (Å²) < 4.78 is 5.16. The summed E-state index contributed by atoms with van der Waals surface area (Å²) in [5, 5.41) is 14.4. The van der Waals surface area contributed by atoms with E-state index >= 15 is 0 Å². The number of aliphatic hydroxyl groups excluding tert-OH is 1. The quantitative estimate of drug-likeness (QED) is 0.325. The van der Waals surface area contributed by atoms with Crippen molar-refractivity contribution < 1.29 is 29.0 Å². The zero-order valence-corrected chi connectivity index (χ0v) is 19.2. The molecule has 33 heavy (non-hydrogen) atoms. The summed E-state index contributed by atoms with van der Waals surface area (Å²) in [4.78, 5) is 49.5. The summed E-state index contributed by atoms with van der Waals surface area (Å²) in [5.41, 5.74) is 1.63. The van der Waals surface area contributed by atoms with Crippen LogP contribution < -0.4 is 10.6 Å². The molecule has 0 spiro atoms. The third-order valence-electron chi connectivity index (χ3n) is 4.94. The summed E-state index contributed by atoms with van der Waals surface area (Å²) in [7, 11) is 0. The fourth-order valence-corrected chi connectivity index (χ4v) is 4.26. The van der Waals surface area contributed by atoms with Crippen molar-refractivity contribution in [2.75, 3.05) is 30.0 Å². The number of esters is 1. The van der Waals surface area contributed by atoms with Gasteiger partial charge < -0.3 is 20.5 Å². The van der Waals surface area contributed by atoms with Crippen molar-refractivity contribution in [1.82, 2.24) is 5.32 Å². The van der Waals surface area contributed by atoms with Crippen LogP contribution in [-0.2, 0) is 9.53 Å². The highest BCUT2D eigenvalue weighted by Gasteiger charge is 2.29. The van der Waals surface area contributed by atoms with Crippen LogP contribution in [0.15, 0.2) is 42.5 Å². The van der Waals surface area contributed by atoms with Crippen molar-refractivity contribution in [3.63, 3.8) is 0 Å². The van der Waals surface area contributed by atoms with E-state index in [-0.39, 0.29) is 42.2 Å². The van der Waals surface area contributed by atoms with Crippen LogP contribution in [0.4, 0.5) is 10.5 Å². The molecule has 2 aromatic carbocycles. The number of nitrogens with one attached hydrogen (secondary N) is 2. The second-order valence-corrected chi connectivity index (χ2v) is 8.88. The van der Waals surface area contributed by atoms with Crippen LogP contribution in [0.25, 0.3) is 0 Å². The Morgan fingerprint density at radius 2 is 1.61 bits per heavy atom. The topological polar surface area (TPSA) is 122 Å². The van der Waals surface area contributed by atoms with Gasteiger partial charge in [0.15, 0.2) is 11.6 Å². The van der Waals surface area contributed by atoms with Crippen molar-refractivity contribution in [2.24, 2.45) is 5.92 Å². The van der Waals surface area contributed by atoms with E-state index in [2.05, 4.69) is 10.6 Å². The van der Waals surface area contributed by atoms with Crippen molar-refractivity contribution in [3.8, 4) is 0 Å². The number of urea groups is 1. The molecular weight excluding hydrogens is 444 g/mol. The molecule has 9 heteroatoms. The first-order chi connectivity index (χ1) is 15.8. The number of carbonyl (C=O) groups is 4. The first kappa shape index (κ1) is 24.5. The average molecular weight is 471 g/mol. The minimum atomic E-state index is -0.526. The Hall–Kier alpha value is -3.17. The van der Waals surface area contributed by atoms with Gasteiger partial charge in [-0.25, -0.2) is 4.79 Å². The van der Waals surface area contributed by atoms with Crippen molar-refractivity contribution in [2.45, 2.75) is 20.0 Å². The van der Waals surface area contributed by atoms with Gasteiger partial charge in [-0.2, -0.15) is 11.8 Å². The maximum absolute atomic E-state index is 12.8. The SMILES string of the molecule is CC(O)CSCC(C)C(=O)OCCNC(=O)Nc1ccc2c(c1)C(=O)c1ccccc1C2=O. The minimum absolute atomic E-state index is 0.0195. The predicted molar refractivity (Wildman–Crippen MR) is 126 cm³/mol. The van der Waals surface area contributed by atoms with E-state index in [1.54, 1.807) is 44.2 Å². The number of hydrogen-bond donors (Lipinski definition) is 3. The van der Waals surface area contributed by atoms with Gasteiger partial charge in [0, 0.05) is 39.4 Å². The fourth-order valence-electron chi connectivity index (χ4n) is 3.29. The Morgan fingerprint density at radius 3 is 2.27 bits per heavy atom. The Labute approximate surface area is 196 Å². The Balaban J connectivity index is 1.47. The molecule has 0 radical (unpaired) electrons. The molecule has 0 aromatic heterocycles. The number of aliphatic hydroxyl groups is 1. The number of amides is 2. The lowest BCUT2D eigenvalue weighted by atomic mass is 9.84. The lowest BCUT2D eigenvalue weighted by Crippen LogP contribution is -2.33. The van der Waals surface area contributed by atoms with E-state index in [4.69, 9.17) is 4.74 Å². The number of ketones is 2. The van der Waals surface area contributed by atoms with E-state index in [1.807, 2.05) is 0 Å². The highest BCUT2D eigenvalue weighted by molar-refractivity contribution is 7.99. The van der Waals surface area contributed by atoms with E-state index in [1.165, 1.54) is 23.9 Å². The lowest BCUT2D eigenvalue weighted by molar-refractivity contribution is -0.146. The summed E-state index contributed by atoms with van der Waals surface area (Å²) in [6.07, 6.45) is -0.425. The molecule has 1 aliphatic carbocycles. The molecular formula is C24H26N2O6S. The van der Waals surface area contributed by atoms with E-state index < -0.39 is 12.1 Å². The Kier molecular flexibility index (Phi) is 8.24. The summed E-state index contributed by atoms with van der Waals surface area (Å²) in [6.45, 7) is 3.57. The number of carbonyl (C=O) groups excluding carboxylic acids is 4. The molecule has 8 nitrogen and oxygen atoms in total. The van der Waals surface area contributed by atoms with E-state index in [0.29, 0.717) is 33.9 Å². The first-order valence-electron chi connectivity index (χ1n) is 10.6. The normalized spacial score (nSPS) is 14.0. The molecule has 2 aromatic rings. The molecule has 2 amide bonds. The number of anilines is 1. The van der Waals surface area contributed by atoms with Gasteiger partial charge in [-0.3, -0.25) is 14.4 Å². The van der Waals surface area contributed by atoms with Gasteiger partial charge in [0.25, 0.3) is 0 Å². The summed E-state index contributed by atoms with van der Waals surface area (Å²) in [6, 6.07) is 10.7. The van der Waals surface area contributed by atoms with Gasteiger partial charge in [-0.1, -0.05) is 31.2 Å². The zero-order valence-electron chi connectivity index (χ0n) is 18.4. The maximum Gasteiger partial charge on any atom is 0.319 e. The van der Waals surface area contributed by atoms with Crippen LogP contribution in [0.3, 0.4) is 0 Å². The van der Waals surface area contributed by atoms with Crippen molar-refractivity contribution in [1.29, 1.82) is 0 Å². The maximum atomic E-state index is 12.8. The van der Waals surface area contributed by atoms with Crippen molar-refractivity contribution >= 4 is 41.0 Å². The fraction of sp³-hybridized carbons (Fsp3) is 0.333. The number of rotatable bonds is 9. The Bertz CT molecular complexity index is 1070. The van der Waals surface area contributed by atoms with Gasteiger partial charge in [0.05, 0.1) is 18.6 Å². The van der Waals surface area contributed by atoms with Crippen molar-refractivity contribution in [3.05, 3.63) is 64.7 Å². The van der Waals surface area contributed by atoms with Gasteiger partial charge in [-0.15, -0.1) is 0 Å². The number of thioether (sulfide) groups is 1. The van der Waals surface area contributed by atoms with Gasteiger partial charge >= 0.3 is 12.0 Å². The smallest absolute Gasteiger partial charge is 0.319 e. The second-order valence-electron chi connectivity index (χ2n) is 7.80. The molecule has 0 aliphatic heterocycles. The number of benzene rings is 2. The van der Waals surface area contributed by atoms with Crippen LogP contribution in [0.2, 0.25) is 0 Å². The zero-order chi connectivity index (χ0) is 24.0. The highest BCUT2D eigenvalue weighted by Crippen LogP contribution is 2.29. The predicted octanol–water partition coefficient (Wildman–Crippen LogP) is 2.88. The second kappa shape index (κ2) is 11.1. The molecule has 2 atom stereocenters. The Morgan fingerprint density at radius 1 is 0.970 bits per heavy atom. The molecule has 0 fully saturated rings. The largest absolute Gasteiger partial charge is 0.464 e.